The smallest absolute Gasteiger partial charge is 0.165 e. The lowest BCUT2D eigenvalue weighted by molar-refractivity contribution is 0.101. The van der Waals surface area contributed by atoms with E-state index in [1.54, 1.807) is 6.07 Å². The number of benzene rings is 1. The van der Waals surface area contributed by atoms with Crippen LogP contribution in [0.5, 0.6) is 5.75 Å². The van der Waals surface area contributed by atoms with Crippen molar-refractivity contribution in [3.8, 4) is 5.75 Å². The minimum atomic E-state index is -0.465. The van der Waals surface area contributed by atoms with E-state index >= 15 is 0 Å². The van der Waals surface area contributed by atoms with E-state index in [9.17, 15) is 9.18 Å². The third-order valence-electron chi connectivity index (χ3n) is 2.59. The highest BCUT2D eigenvalue weighted by Gasteiger charge is 2.12. The summed E-state index contributed by atoms with van der Waals surface area (Å²) >= 11 is 0. The first-order valence-electron chi connectivity index (χ1n) is 6.09. The lowest BCUT2D eigenvalue weighted by Gasteiger charge is -2.10. The van der Waals surface area contributed by atoms with Crippen LogP contribution >= 0.6 is 0 Å². The van der Waals surface area contributed by atoms with Crippen LogP contribution in [0.1, 0.15) is 49.9 Å². The summed E-state index contributed by atoms with van der Waals surface area (Å²) in [6.07, 6.45) is 4.26. The van der Waals surface area contributed by atoms with Crippen LogP contribution < -0.4 is 4.74 Å². The number of halogens is 1. The molecule has 0 heterocycles. The summed E-state index contributed by atoms with van der Waals surface area (Å²) in [5.41, 5.74) is 0.320. The number of para-hydroxylation sites is 1. The van der Waals surface area contributed by atoms with Crippen molar-refractivity contribution in [2.75, 3.05) is 6.61 Å². The molecule has 0 bridgehead atoms. The quantitative estimate of drug-likeness (QED) is 0.530. The van der Waals surface area contributed by atoms with Crippen LogP contribution in [-0.2, 0) is 0 Å². The number of ketones is 1. The third kappa shape index (κ3) is 4.17. The highest BCUT2D eigenvalue weighted by atomic mass is 19.1. The Labute approximate surface area is 102 Å². The van der Waals surface area contributed by atoms with E-state index < -0.39 is 5.82 Å². The summed E-state index contributed by atoms with van der Waals surface area (Å²) in [5, 5.41) is 0. The summed E-state index contributed by atoms with van der Waals surface area (Å²) in [6, 6.07) is 4.43. The molecule has 0 saturated carbocycles. The molecular formula is C14H19FO2. The molecule has 0 unspecified atom stereocenters. The maximum absolute atomic E-state index is 13.5. The second kappa shape index (κ2) is 7.05. The number of hydrogen-bond donors (Lipinski definition) is 0. The van der Waals surface area contributed by atoms with E-state index in [0.717, 1.165) is 25.7 Å². The molecule has 0 spiro atoms. The highest BCUT2D eigenvalue weighted by molar-refractivity contribution is 5.96. The molecule has 0 saturated heterocycles. The normalized spacial score (nSPS) is 10.3. The Hall–Kier alpha value is -1.38. The zero-order valence-electron chi connectivity index (χ0n) is 10.5. The van der Waals surface area contributed by atoms with Gasteiger partial charge < -0.3 is 4.74 Å². The van der Waals surface area contributed by atoms with E-state index in [1.807, 2.05) is 0 Å². The summed E-state index contributed by atoms with van der Waals surface area (Å²) in [6.45, 7) is 4.01. The predicted molar refractivity (Wildman–Crippen MR) is 66.0 cm³/mol. The van der Waals surface area contributed by atoms with Crippen molar-refractivity contribution in [2.45, 2.75) is 39.5 Å². The van der Waals surface area contributed by atoms with Gasteiger partial charge in [-0.05, 0) is 25.5 Å². The number of Topliss-reactive ketones (excluding diaryl/α,β-unsaturated/α-hetero) is 1. The van der Waals surface area contributed by atoms with Gasteiger partial charge in [-0.2, -0.15) is 0 Å². The first-order valence-corrected chi connectivity index (χ1v) is 6.09. The predicted octanol–water partition coefficient (Wildman–Crippen LogP) is 3.99. The third-order valence-corrected chi connectivity index (χ3v) is 2.59. The van der Waals surface area contributed by atoms with Crippen LogP contribution in [0.15, 0.2) is 18.2 Å². The van der Waals surface area contributed by atoms with Crippen LogP contribution in [0.2, 0.25) is 0 Å². The number of rotatable bonds is 7. The van der Waals surface area contributed by atoms with Crippen molar-refractivity contribution in [1.82, 2.24) is 0 Å². The van der Waals surface area contributed by atoms with Gasteiger partial charge in [0.25, 0.3) is 0 Å². The Morgan fingerprint density at radius 1 is 1.29 bits per heavy atom. The van der Waals surface area contributed by atoms with Gasteiger partial charge in [0.1, 0.15) is 0 Å². The van der Waals surface area contributed by atoms with E-state index in [0.29, 0.717) is 12.2 Å². The summed E-state index contributed by atoms with van der Waals surface area (Å²) in [5.74, 6) is -0.544. The molecule has 0 fully saturated rings. The van der Waals surface area contributed by atoms with Crippen molar-refractivity contribution >= 4 is 5.78 Å². The standard InChI is InChI=1S/C14H19FO2/c1-3-4-5-6-10-17-14-12(11(2)16)8-7-9-13(14)15/h7-9H,3-6,10H2,1-2H3. The van der Waals surface area contributed by atoms with Crippen molar-refractivity contribution in [3.05, 3.63) is 29.6 Å². The van der Waals surface area contributed by atoms with Gasteiger partial charge in [-0.25, -0.2) is 4.39 Å². The number of carbonyl (C=O) groups excluding carboxylic acids is 1. The first-order chi connectivity index (χ1) is 8.16. The average molecular weight is 238 g/mol. The minimum absolute atomic E-state index is 0.0940. The van der Waals surface area contributed by atoms with Gasteiger partial charge >= 0.3 is 0 Å². The van der Waals surface area contributed by atoms with Crippen molar-refractivity contribution in [2.24, 2.45) is 0 Å². The summed E-state index contributed by atoms with van der Waals surface area (Å²) in [4.78, 5) is 11.3. The van der Waals surface area contributed by atoms with Crippen molar-refractivity contribution < 1.29 is 13.9 Å². The second-order valence-corrected chi connectivity index (χ2v) is 4.08. The number of carbonyl (C=O) groups is 1. The maximum Gasteiger partial charge on any atom is 0.165 e. The van der Waals surface area contributed by atoms with E-state index in [1.165, 1.54) is 19.1 Å². The summed E-state index contributed by atoms with van der Waals surface area (Å²) in [7, 11) is 0. The highest BCUT2D eigenvalue weighted by Crippen LogP contribution is 2.23. The maximum atomic E-state index is 13.5. The van der Waals surface area contributed by atoms with Gasteiger partial charge in [-0.3, -0.25) is 4.79 Å². The zero-order chi connectivity index (χ0) is 12.7. The van der Waals surface area contributed by atoms with Gasteiger partial charge in [-0.1, -0.05) is 32.3 Å². The van der Waals surface area contributed by atoms with Gasteiger partial charge in [0.2, 0.25) is 0 Å². The monoisotopic (exact) mass is 238 g/mol. The largest absolute Gasteiger partial charge is 0.490 e. The number of ether oxygens (including phenoxy) is 1. The van der Waals surface area contributed by atoms with Crippen molar-refractivity contribution in [1.29, 1.82) is 0 Å². The molecule has 0 atom stereocenters. The summed E-state index contributed by atoms with van der Waals surface area (Å²) < 4.78 is 18.9. The second-order valence-electron chi connectivity index (χ2n) is 4.08. The van der Waals surface area contributed by atoms with Gasteiger partial charge in [0.05, 0.1) is 12.2 Å². The molecule has 94 valence electrons. The molecule has 0 aliphatic rings. The lowest BCUT2D eigenvalue weighted by Crippen LogP contribution is -2.05. The molecule has 0 radical (unpaired) electrons. The molecule has 0 aliphatic carbocycles. The first kappa shape index (κ1) is 13.7. The van der Waals surface area contributed by atoms with Gasteiger partial charge in [0, 0.05) is 0 Å². The lowest BCUT2D eigenvalue weighted by atomic mass is 10.1. The van der Waals surface area contributed by atoms with Crippen LogP contribution in [0.25, 0.3) is 0 Å². The molecule has 1 aromatic carbocycles. The van der Waals surface area contributed by atoms with Gasteiger partial charge in [-0.15, -0.1) is 0 Å². The Morgan fingerprint density at radius 3 is 2.71 bits per heavy atom. The molecular weight excluding hydrogens is 219 g/mol. The van der Waals surface area contributed by atoms with E-state index in [-0.39, 0.29) is 11.5 Å². The molecule has 3 heteroatoms. The van der Waals surface area contributed by atoms with E-state index in [2.05, 4.69) is 6.92 Å². The Bertz CT molecular complexity index is 374. The average Bonchev–Trinajstić information content (AvgIpc) is 2.30. The fourth-order valence-corrected chi connectivity index (χ4v) is 1.64. The SMILES string of the molecule is CCCCCCOc1c(F)cccc1C(C)=O. The molecule has 0 amide bonds. The number of unbranched alkanes of at least 4 members (excludes halogenated alkanes) is 3. The molecule has 2 nitrogen and oxygen atoms in total. The molecule has 17 heavy (non-hydrogen) atoms. The topological polar surface area (TPSA) is 26.3 Å². The minimum Gasteiger partial charge on any atom is -0.490 e. The fraction of sp³-hybridized carbons (Fsp3) is 0.500. The molecule has 0 aliphatic heterocycles. The Balaban J connectivity index is 2.60. The zero-order valence-corrected chi connectivity index (χ0v) is 10.5. The molecule has 1 rings (SSSR count). The van der Waals surface area contributed by atoms with Crippen LogP contribution in [-0.4, -0.2) is 12.4 Å². The Kier molecular flexibility index (Phi) is 5.67. The Morgan fingerprint density at radius 2 is 2.06 bits per heavy atom. The van der Waals surface area contributed by atoms with Crippen molar-refractivity contribution in [3.63, 3.8) is 0 Å². The molecule has 1 aromatic rings. The van der Waals surface area contributed by atoms with E-state index in [4.69, 9.17) is 4.74 Å². The van der Waals surface area contributed by atoms with Crippen LogP contribution in [0.4, 0.5) is 4.39 Å². The van der Waals surface area contributed by atoms with Gasteiger partial charge in [0.15, 0.2) is 17.3 Å². The van der Waals surface area contributed by atoms with Crippen LogP contribution in [0.3, 0.4) is 0 Å². The van der Waals surface area contributed by atoms with Crippen LogP contribution in [0, 0.1) is 5.82 Å². The number of hydrogen-bond acceptors (Lipinski definition) is 2. The molecule has 0 aromatic heterocycles. The fourth-order valence-electron chi connectivity index (χ4n) is 1.64. The molecule has 0 N–H and O–H groups in total.